The highest BCUT2D eigenvalue weighted by Gasteiger charge is 2.24. The molecule has 160 valence electrons. The van der Waals surface area contributed by atoms with Crippen LogP contribution in [0.3, 0.4) is 0 Å². The molecule has 7 nitrogen and oxygen atoms in total. The van der Waals surface area contributed by atoms with Crippen LogP contribution in [-0.4, -0.2) is 74.2 Å². The van der Waals surface area contributed by atoms with Crippen molar-refractivity contribution in [2.45, 2.75) is 51.2 Å². The van der Waals surface area contributed by atoms with Crippen molar-refractivity contribution in [2.24, 2.45) is 0 Å². The normalized spacial score (nSPS) is 20.2. The molecule has 0 aliphatic carbocycles. The molecule has 2 aliphatic heterocycles. The number of likely N-dealkylation sites (N-methyl/N-ethyl adjacent to an activating group) is 1. The average molecular weight is 405 g/mol. The van der Waals surface area contributed by atoms with E-state index in [1.54, 1.807) is 37.1 Å². The van der Waals surface area contributed by atoms with Crippen LogP contribution in [0.25, 0.3) is 0 Å². The van der Waals surface area contributed by atoms with Gasteiger partial charge >= 0.3 is 0 Å². The van der Waals surface area contributed by atoms with Crippen LogP contribution < -0.4 is 9.47 Å². The quantitative estimate of drug-likeness (QED) is 0.729. The van der Waals surface area contributed by atoms with Gasteiger partial charge in [-0.25, -0.2) is 0 Å². The SMILES string of the molecule is COc1ccc(C(=O)N(C)C[C@H]2CCCCO2)cc1OC1CCN(C(C)=O)CC1. The maximum absolute atomic E-state index is 12.9. The second-order valence-electron chi connectivity index (χ2n) is 7.86. The molecule has 2 heterocycles. The molecule has 2 saturated heterocycles. The Morgan fingerprint density at radius 1 is 1.17 bits per heavy atom. The highest BCUT2D eigenvalue weighted by Crippen LogP contribution is 2.31. The number of methoxy groups -OCH3 is 1. The largest absolute Gasteiger partial charge is 0.493 e. The van der Waals surface area contributed by atoms with E-state index in [2.05, 4.69) is 0 Å². The Morgan fingerprint density at radius 2 is 1.93 bits per heavy atom. The molecule has 0 N–H and O–H groups in total. The predicted octanol–water partition coefficient (Wildman–Crippen LogP) is 2.73. The van der Waals surface area contributed by atoms with Gasteiger partial charge < -0.3 is 24.0 Å². The maximum Gasteiger partial charge on any atom is 0.253 e. The van der Waals surface area contributed by atoms with Crippen molar-refractivity contribution in [2.75, 3.05) is 40.4 Å². The van der Waals surface area contributed by atoms with Crippen LogP contribution in [0.5, 0.6) is 11.5 Å². The van der Waals surface area contributed by atoms with Crippen LogP contribution >= 0.6 is 0 Å². The zero-order valence-electron chi connectivity index (χ0n) is 17.7. The zero-order chi connectivity index (χ0) is 20.8. The molecule has 1 atom stereocenters. The van der Waals surface area contributed by atoms with E-state index in [0.29, 0.717) is 36.7 Å². The molecule has 0 radical (unpaired) electrons. The number of carbonyl (C=O) groups is 2. The zero-order valence-corrected chi connectivity index (χ0v) is 17.7. The lowest BCUT2D eigenvalue weighted by atomic mass is 10.1. The van der Waals surface area contributed by atoms with Gasteiger partial charge in [-0.2, -0.15) is 0 Å². The molecule has 3 rings (SSSR count). The molecule has 29 heavy (non-hydrogen) atoms. The van der Waals surface area contributed by atoms with Crippen molar-refractivity contribution < 1.29 is 23.8 Å². The summed E-state index contributed by atoms with van der Waals surface area (Å²) in [5.74, 6) is 1.22. The summed E-state index contributed by atoms with van der Waals surface area (Å²) in [4.78, 5) is 28.0. The van der Waals surface area contributed by atoms with Gasteiger partial charge in [-0.3, -0.25) is 9.59 Å². The van der Waals surface area contributed by atoms with E-state index >= 15 is 0 Å². The second kappa shape index (κ2) is 9.96. The first-order valence-electron chi connectivity index (χ1n) is 10.4. The molecule has 0 spiro atoms. The molecule has 0 bridgehead atoms. The Labute approximate surface area is 172 Å². The molecule has 7 heteroatoms. The van der Waals surface area contributed by atoms with Crippen LogP contribution in [0.1, 0.15) is 49.4 Å². The van der Waals surface area contributed by atoms with Gasteiger partial charge in [-0.05, 0) is 37.5 Å². The van der Waals surface area contributed by atoms with E-state index < -0.39 is 0 Å². The molecule has 2 amide bonds. The number of hydrogen-bond donors (Lipinski definition) is 0. The topological polar surface area (TPSA) is 68.3 Å². The number of amides is 2. The van der Waals surface area contributed by atoms with E-state index in [-0.39, 0.29) is 24.0 Å². The first kappa shape index (κ1) is 21.4. The molecule has 0 unspecified atom stereocenters. The summed E-state index contributed by atoms with van der Waals surface area (Å²) in [5.41, 5.74) is 0.570. The summed E-state index contributed by atoms with van der Waals surface area (Å²) in [5, 5.41) is 0. The van der Waals surface area contributed by atoms with E-state index in [4.69, 9.17) is 14.2 Å². The molecule has 2 aliphatic rings. The van der Waals surface area contributed by atoms with Crippen LogP contribution in [0, 0.1) is 0 Å². The highest BCUT2D eigenvalue weighted by molar-refractivity contribution is 5.94. The summed E-state index contributed by atoms with van der Waals surface area (Å²) in [6.07, 6.45) is 4.87. The number of hydrogen-bond acceptors (Lipinski definition) is 5. The summed E-state index contributed by atoms with van der Waals surface area (Å²) in [6.45, 7) is 4.32. The van der Waals surface area contributed by atoms with Gasteiger partial charge in [0.25, 0.3) is 5.91 Å². The number of carbonyl (C=O) groups excluding carboxylic acids is 2. The van der Waals surface area contributed by atoms with E-state index in [0.717, 1.165) is 38.7 Å². The lowest BCUT2D eigenvalue weighted by Gasteiger charge is -2.32. The van der Waals surface area contributed by atoms with E-state index in [1.165, 1.54) is 0 Å². The van der Waals surface area contributed by atoms with E-state index in [1.807, 2.05) is 11.9 Å². The van der Waals surface area contributed by atoms with Crippen molar-refractivity contribution in [1.29, 1.82) is 0 Å². The fraction of sp³-hybridized carbons (Fsp3) is 0.636. The Morgan fingerprint density at radius 3 is 2.55 bits per heavy atom. The van der Waals surface area contributed by atoms with Crippen LogP contribution in [0.4, 0.5) is 0 Å². The third-order valence-corrected chi connectivity index (χ3v) is 5.69. The van der Waals surface area contributed by atoms with Gasteiger partial charge in [0.1, 0.15) is 6.10 Å². The monoisotopic (exact) mass is 404 g/mol. The summed E-state index contributed by atoms with van der Waals surface area (Å²) in [7, 11) is 3.40. The van der Waals surface area contributed by atoms with E-state index in [9.17, 15) is 9.59 Å². The maximum atomic E-state index is 12.9. The number of nitrogens with zero attached hydrogens (tertiary/aromatic N) is 2. The molecular formula is C22H32N2O5. The first-order chi connectivity index (χ1) is 14.0. The van der Waals surface area contributed by atoms with Crippen molar-refractivity contribution in [1.82, 2.24) is 9.80 Å². The minimum atomic E-state index is -0.0573. The summed E-state index contributed by atoms with van der Waals surface area (Å²) in [6, 6.07) is 5.31. The fourth-order valence-electron chi connectivity index (χ4n) is 3.93. The molecular weight excluding hydrogens is 372 g/mol. The van der Waals surface area contributed by atoms with Crippen LogP contribution in [0.2, 0.25) is 0 Å². The standard InChI is InChI=1S/C22H32N2O5/c1-16(25)24-11-9-18(10-12-24)29-21-14-17(7-8-20(21)27-3)22(26)23(2)15-19-6-4-5-13-28-19/h7-8,14,18-19H,4-6,9-13,15H2,1-3H3/t19-/m1/s1. The van der Waals surface area contributed by atoms with Crippen LogP contribution in [-0.2, 0) is 9.53 Å². The number of ether oxygens (including phenoxy) is 3. The average Bonchev–Trinajstić information content (AvgIpc) is 2.74. The van der Waals surface area contributed by atoms with Gasteiger partial charge in [0.15, 0.2) is 11.5 Å². The van der Waals surface area contributed by atoms with Gasteiger partial charge in [0.05, 0.1) is 13.2 Å². The lowest BCUT2D eigenvalue weighted by molar-refractivity contribution is -0.130. The van der Waals surface area contributed by atoms with Crippen molar-refractivity contribution in [3.8, 4) is 11.5 Å². The molecule has 0 aromatic heterocycles. The van der Waals surface area contributed by atoms with Crippen molar-refractivity contribution in [3.63, 3.8) is 0 Å². The highest BCUT2D eigenvalue weighted by atomic mass is 16.5. The Bertz CT molecular complexity index is 709. The lowest BCUT2D eigenvalue weighted by Crippen LogP contribution is -2.40. The molecule has 1 aromatic carbocycles. The van der Waals surface area contributed by atoms with Gasteiger partial charge in [0.2, 0.25) is 5.91 Å². The first-order valence-corrected chi connectivity index (χ1v) is 10.4. The number of likely N-dealkylation sites (tertiary alicyclic amines) is 1. The second-order valence-corrected chi connectivity index (χ2v) is 7.86. The number of piperidine rings is 1. The van der Waals surface area contributed by atoms with Gasteiger partial charge in [-0.1, -0.05) is 0 Å². The fourth-order valence-corrected chi connectivity index (χ4v) is 3.93. The number of rotatable bonds is 6. The Balaban J connectivity index is 1.64. The molecule has 0 saturated carbocycles. The predicted molar refractivity (Wildman–Crippen MR) is 109 cm³/mol. The minimum Gasteiger partial charge on any atom is -0.493 e. The third kappa shape index (κ3) is 5.63. The third-order valence-electron chi connectivity index (χ3n) is 5.69. The Kier molecular flexibility index (Phi) is 7.36. The molecule has 1 aromatic rings. The minimum absolute atomic E-state index is 0.00165. The van der Waals surface area contributed by atoms with Gasteiger partial charge in [-0.15, -0.1) is 0 Å². The van der Waals surface area contributed by atoms with Crippen LogP contribution in [0.15, 0.2) is 18.2 Å². The summed E-state index contributed by atoms with van der Waals surface area (Å²) < 4.78 is 17.4. The molecule has 2 fully saturated rings. The van der Waals surface area contributed by atoms with Gasteiger partial charge in [0, 0.05) is 58.6 Å². The summed E-state index contributed by atoms with van der Waals surface area (Å²) >= 11 is 0. The van der Waals surface area contributed by atoms with Crippen molar-refractivity contribution in [3.05, 3.63) is 23.8 Å². The number of benzene rings is 1. The smallest absolute Gasteiger partial charge is 0.253 e. The van der Waals surface area contributed by atoms with Crippen molar-refractivity contribution >= 4 is 11.8 Å². The Hall–Kier alpha value is -2.28.